The van der Waals surface area contributed by atoms with E-state index in [0.717, 1.165) is 15.5 Å². The number of nitrogen functional groups attached to an aromatic ring is 1. The van der Waals surface area contributed by atoms with Crippen molar-refractivity contribution in [1.82, 2.24) is 9.97 Å². The number of nitrogens with two attached hydrogens (primary N) is 1. The standard InChI is InChI=1S/C16H12ClN3S/c17-12-8-4-5-9-13(12)21-15-10-14(18)19-16(20-15)11-6-2-1-3-7-11/h1-10H,(H2,18,19,20). The average Bonchev–Trinajstić information content (AvgIpc) is 2.50. The van der Waals surface area contributed by atoms with Gasteiger partial charge in [0, 0.05) is 16.5 Å². The predicted molar refractivity (Wildman–Crippen MR) is 87.5 cm³/mol. The molecule has 1 aromatic heterocycles. The number of halogens is 1. The maximum absolute atomic E-state index is 6.18. The Morgan fingerprint density at radius 1 is 0.905 bits per heavy atom. The second-order valence-corrected chi connectivity index (χ2v) is 5.82. The van der Waals surface area contributed by atoms with E-state index in [1.54, 1.807) is 6.07 Å². The second kappa shape index (κ2) is 6.16. The SMILES string of the molecule is Nc1cc(Sc2ccccc2Cl)nc(-c2ccccc2)n1. The van der Waals surface area contributed by atoms with Crippen molar-refractivity contribution in [1.29, 1.82) is 0 Å². The van der Waals surface area contributed by atoms with Crippen LogP contribution in [0.15, 0.2) is 70.6 Å². The summed E-state index contributed by atoms with van der Waals surface area (Å²) in [4.78, 5) is 9.78. The minimum absolute atomic E-state index is 0.443. The molecule has 0 radical (unpaired) electrons. The molecule has 0 atom stereocenters. The number of hydrogen-bond donors (Lipinski definition) is 1. The van der Waals surface area contributed by atoms with Crippen molar-refractivity contribution in [2.24, 2.45) is 0 Å². The molecule has 3 aromatic rings. The Kier molecular flexibility index (Phi) is 4.08. The van der Waals surface area contributed by atoms with Crippen LogP contribution in [0.3, 0.4) is 0 Å². The van der Waals surface area contributed by atoms with Crippen LogP contribution in [0.5, 0.6) is 0 Å². The summed E-state index contributed by atoms with van der Waals surface area (Å²) >= 11 is 7.65. The molecule has 1 heterocycles. The minimum atomic E-state index is 0.443. The van der Waals surface area contributed by atoms with Crippen LogP contribution in [0.1, 0.15) is 0 Å². The van der Waals surface area contributed by atoms with Crippen LogP contribution in [0, 0.1) is 0 Å². The van der Waals surface area contributed by atoms with E-state index in [2.05, 4.69) is 9.97 Å². The first-order valence-electron chi connectivity index (χ1n) is 6.35. The first-order valence-corrected chi connectivity index (χ1v) is 7.54. The molecule has 0 amide bonds. The van der Waals surface area contributed by atoms with Gasteiger partial charge in [-0.2, -0.15) is 0 Å². The Morgan fingerprint density at radius 3 is 2.38 bits per heavy atom. The molecule has 3 rings (SSSR count). The summed E-state index contributed by atoms with van der Waals surface area (Å²) in [5.41, 5.74) is 6.83. The molecule has 0 saturated heterocycles. The van der Waals surface area contributed by atoms with Crippen molar-refractivity contribution in [2.75, 3.05) is 5.73 Å². The Morgan fingerprint density at radius 2 is 1.62 bits per heavy atom. The highest BCUT2D eigenvalue weighted by atomic mass is 35.5. The number of anilines is 1. The van der Waals surface area contributed by atoms with Crippen molar-refractivity contribution in [3.8, 4) is 11.4 Å². The molecule has 2 aromatic carbocycles. The topological polar surface area (TPSA) is 51.8 Å². The van der Waals surface area contributed by atoms with Crippen LogP contribution < -0.4 is 5.73 Å². The lowest BCUT2D eigenvalue weighted by atomic mass is 10.2. The van der Waals surface area contributed by atoms with Gasteiger partial charge in [-0.3, -0.25) is 0 Å². The van der Waals surface area contributed by atoms with E-state index in [9.17, 15) is 0 Å². The highest BCUT2D eigenvalue weighted by Gasteiger charge is 2.08. The van der Waals surface area contributed by atoms with Gasteiger partial charge in [-0.15, -0.1) is 0 Å². The molecule has 0 spiro atoms. The Labute approximate surface area is 132 Å². The van der Waals surface area contributed by atoms with Gasteiger partial charge in [-0.05, 0) is 12.1 Å². The maximum Gasteiger partial charge on any atom is 0.162 e. The van der Waals surface area contributed by atoms with Gasteiger partial charge in [-0.25, -0.2) is 9.97 Å². The average molecular weight is 314 g/mol. The van der Waals surface area contributed by atoms with Crippen LogP contribution in [0.4, 0.5) is 5.82 Å². The van der Waals surface area contributed by atoms with Gasteiger partial charge in [0.15, 0.2) is 5.82 Å². The summed E-state index contributed by atoms with van der Waals surface area (Å²) in [5, 5.41) is 1.47. The molecule has 104 valence electrons. The third-order valence-corrected chi connectivity index (χ3v) is 4.24. The molecule has 0 aliphatic carbocycles. The molecule has 2 N–H and O–H groups in total. The van der Waals surface area contributed by atoms with Crippen LogP contribution >= 0.6 is 23.4 Å². The van der Waals surface area contributed by atoms with Gasteiger partial charge in [0.1, 0.15) is 10.8 Å². The Balaban J connectivity index is 1.97. The summed E-state index contributed by atoms with van der Waals surface area (Å²) in [6.45, 7) is 0. The first-order chi connectivity index (χ1) is 10.2. The Bertz CT molecular complexity index is 762. The quantitative estimate of drug-likeness (QED) is 0.722. The molecule has 0 aliphatic heterocycles. The van der Waals surface area contributed by atoms with Crippen LogP contribution in [0.25, 0.3) is 11.4 Å². The van der Waals surface area contributed by atoms with E-state index in [1.807, 2.05) is 54.6 Å². The lowest BCUT2D eigenvalue weighted by Gasteiger charge is -2.06. The fraction of sp³-hybridized carbons (Fsp3) is 0. The monoisotopic (exact) mass is 313 g/mol. The van der Waals surface area contributed by atoms with Gasteiger partial charge in [0.2, 0.25) is 0 Å². The summed E-state index contributed by atoms with van der Waals surface area (Å²) in [5.74, 6) is 1.06. The molecule has 0 aliphatic rings. The molecule has 0 saturated carbocycles. The van der Waals surface area contributed by atoms with Gasteiger partial charge in [0.05, 0.1) is 5.02 Å². The van der Waals surface area contributed by atoms with Crippen molar-refractivity contribution in [3.05, 3.63) is 65.7 Å². The maximum atomic E-state index is 6.18. The lowest BCUT2D eigenvalue weighted by molar-refractivity contribution is 1.06. The molecule has 0 unspecified atom stereocenters. The molecular weight excluding hydrogens is 302 g/mol. The third-order valence-electron chi connectivity index (χ3n) is 2.81. The Hall–Kier alpha value is -2.04. The number of benzene rings is 2. The van der Waals surface area contributed by atoms with E-state index in [1.165, 1.54) is 11.8 Å². The lowest BCUT2D eigenvalue weighted by Crippen LogP contribution is -1.97. The number of aromatic nitrogens is 2. The van der Waals surface area contributed by atoms with E-state index >= 15 is 0 Å². The van der Waals surface area contributed by atoms with Crippen LogP contribution in [-0.2, 0) is 0 Å². The van der Waals surface area contributed by atoms with Gasteiger partial charge in [-0.1, -0.05) is 65.8 Å². The molecule has 0 fully saturated rings. The number of hydrogen-bond acceptors (Lipinski definition) is 4. The molecular formula is C16H12ClN3S. The fourth-order valence-corrected chi connectivity index (χ4v) is 2.95. The zero-order chi connectivity index (χ0) is 14.7. The largest absolute Gasteiger partial charge is 0.384 e. The van der Waals surface area contributed by atoms with E-state index in [4.69, 9.17) is 17.3 Å². The van der Waals surface area contributed by atoms with Crippen LogP contribution in [0.2, 0.25) is 5.02 Å². The summed E-state index contributed by atoms with van der Waals surface area (Å²) in [6, 6.07) is 19.2. The molecule has 5 heteroatoms. The molecule has 3 nitrogen and oxygen atoms in total. The normalized spacial score (nSPS) is 10.5. The van der Waals surface area contributed by atoms with E-state index in [0.29, 0.717) is 16.7 Å². The zero-order valence-electron chi connectivity index (χ0n) is 11.0. The summed E-state index contributed by atoms with van der Waals surface area (Å²) in [7, 11) is 0. The first kappa shape index (κ1) is 13.9. The van der Waals surface area contributed by atoms with Crippen molar-refractivity contribution in [2.45, 2.75) is 9.92 Å². The van der Waals surface area contributed by atoms with E-state index in [-0.39, 0.29) is 0 Å². The molecule has 21 heavy (non-hydrogen) atoms. The van der Waals surface area contributed by atoms with Crippen molar-refractivity contribution < 1.29 is 0 Å². The van der Waals surface area contributed by atoms with Gasteiger partial charge < -0.3 is 5.73 Å². The van der Waals surface area contributed by atoms with E-state index < -0.39 is 0 Å². The zero-order valence-corrected chi connectivity index (χ0v) is 12.6. The third kappa shape index (κ3) is 3.35. The fourth-order valence-electron chi connectivity index (χ4n) is 1.85. The minimum Gasteiger partial charge on any atom is -0.384 e. The number of nitrogens with zero attached hydrogens (tertiary/aromatic N) is 2. The highest BCUT2D eigenvalue weighted by Crippen LogP contribution is 2.33. The molecule has 0 bridgehead atoms. The highest BCUT2D eigenvalue weighted by molar-refractivity contribution is 7.99. The van der Waals surface area contributed by atoms with Crippen molar-refractivity contribution >= 4 is 29.2 Å². The summed E-state index contributed by atoms with van der Waals surface area (Å²) in [6.07, 6.45) is 0. The van der Waals surface area contributed by atoms with Crippen LogP contribution in [-0.4, -0.2) is 9.97 Å². The van der Waals surface area contributed by atoms with Gasteiger partial charge >= 0.3 is 0 Å². The van der Waals surface area contributed by atoms with Crippen molar-refractivity contribution in [3.63, 3.8) is 0 Å². The smallest absolute Gasteiger partial charge is 0.162 e. The second-order valence-electron chi connectivity index (χ2n) is 4.35. The van der Waals surface area contributed by atoms with Gasteiger partial charge in [0.25, 0.3) is 0 Å². The number of rotatable bonds is 3. The predicted octanol–water partition coefficient (Wildman–Crippen LogP) is 4.53. The summed E-state index contributed by atoms with van der Waals surface area (Å²) < 4.78 is 0.